The van der Waals surface area contributed by atoms with Crippen LogP contribution in [0, 0.1) is 0 Å². The first-order valence-electron chi connectivity index (χ1n) is 10.4. The summed E-state index contributed by atoms with van der Waals surface area (Å²) in [7, 11) is 0. The number of fused-ring (bicyclic) bond motifs is 1. The van der Waals surface area contributed by atoms with Gasteiger partial charge >= 0.3 is 0 Å². The zero-order valence-corrected chi connectivity index (χ0v) is 16.2. The third-order valence-electron chi connectivity index (χ3n) is 6.00. The number of hydrogen-bond acceptors (Lipinski definition) is 3. The summed E-state index contributed by atoms with van der Waals surface area (Å²) in [6.45, 7) is 0.429. The van der Waals surface area contributed by atoms with Crippen LogP contribution in [0.15, 0.2) is 47.1 Å². The average molecular weight is 380 g/mol. The van der Waals surface area contributed by atoms with Gasteiger partial charge in [-0.3, -0.25) is 9.59 Å². The maximum Gasteiger partial charge on any atom is 0.290 e. The lowest BCUT2D eigenvalue weighted by Gasteiger charge is -2.36. The second-order valence-electron chi connectivity index (χ2n) is 7.95. The molecule has 5 heteroatoms. The van der Waals surface area contributed by atoms with Crippen molar-refractivity contribution in [2.24, 2.45) is 0 Å². The standard InChI is InChI=1S/C23H28N2O3/c26-22(24-19-11-4-2-1-3-5-12-19)20-15-17-9-6-7-10-18(17)16-25(20)23(27)21-13-8-14-28-21/h6-10,13-14,19-20H,1-5,11-12,15-16H2,(H,24,26)/t20-/m0/s1. The van der Waals surface area contributed by atoms with Crippen molar-refractivity contribution in [3.63, 3.8) is 0 Å². The Bertz CT molecular complexity index is 807. The number of hydrogen-bond donors (Lipinski definition) is 1. The highest BCUT2D eigenvalue weighted by atomic mass is 16.3. The Morgan fingerprint density at radius 2 is 1.64 bits per heavy atom. The highest BCUT2D eigenvalue weighted by Crippen LogP contribution is 2.26. The van der Waals surface area contributed by atoms with Gasteiger partial charge in [0.25, 0.3) is 5.91 Å². The lowest BCUT2D eigenvalue weighted by atomic mass is 9.92. The van der Waals surface area contributed by atoms with E-state index in [1.54, 1.807) is 17.0 Å². The summed E-state index contributed by atoms with van der Waals surface area (Å²) in [5.74, 6) is 0.0143. The van der Waals surface area contributed by atoms with Crippen LogP contribution in [0.2, 0.25) is 0 Å². The molecule has 1 aromatic carbocycles. The van der Waals surface area contributed by atoms with Crippen LogP contribution in [0.3, 0.4) is 0 Å². The molecule has 1 saturated carbocycles. The van der Waals surface area contributed by atoms with Gasteiger partial charge in [-0.1, -0.05) is 56.4 Å². The fourth-order valence-electron chi connectivity index (χ4n) is 4.41. The summed E-state index contributed by atoms with van der Waals surface area (Å²) >= 11 is 0. The Labute approximate surface area is 166 Å². The topological polar surface area (TPSA) is 62.6 Å². The van der Waals surface area contributed by atoms with Gasteiger partial charge in [0.15, 0.2) is 5.76 Å². The molecular weight excluding hydrogens is 352 g/mol. The number of carbonyl (C=O) groups is 2. The van der Waals surface area contributed by atoms with E-state index in [-0.39, 0.29) is 23.6 Å². The molecule has 0 unspecified atom stereocenters. The molecule has 4 rings (SSSR count). The monoisotopic (exact) mass is 380 g/mol. The summed E-state index contributed by atoms with van der Waals surface area (Å²) in [5.41, 5.74) is 2.24. The van der Waals surface area contributed by atoms with Gasteiger partial charge in [0.2, 0.25) is 5.91 Å². The lowest BCUT2D eigenvalue weighted by molar-refractivity contribution is -0.127. The molecule has 1 fully saturated rings. The number of rotatable bonds is 3. The molecule has 28 heavy (non-hydrogen) atoms. The number of benzene rings is 1. The van der Waals surface area contributed by atoms with Crippen LogP contribution >= 0.6 is 0 Å². The summed E-state index contributed by atoms with van der Waals surface area (Å²) in [5, 5.41) is 3.25. The lowest BCUT2D eigenvalue weighted by Crippen LogP contribution is -2.54. The highest BCUT2D eigenvalue weighted by molar-refractivity contribution is 5.96. The molecule has 0 saturated heterocycles. The molecule has 5 nitrogen and oxygen atoms in total. The Morgan fingerprint density at radius 1 is 0.929 bits per heavy atom. The number of nitrogens with one attached hydrogen (secondary N) is 1. The Morgan fingerprint density at radius 3 is 2.36 bits per heavy atom. The van der Waals surface area contributed by atoms with Gasteiger partial charge in [-0.15, -0.1) is 0 Å². The van der Waals surface area contributed by atoms with E-state index in [9.17, 15) is 9.59 Å². The van der Waals surface area contributed by atoms with Crippen molar-refractivity contribution in [1.82, 2.24) is 10.2 Å². The summed E-state index contributed by atoms with van der Waals surface area (Å²) in [4.78, 5) is 27.9. The number of amides is 2. The zero-order valence-electron chi connectivity index (χ0n) is 16.2. The summed E-state index contributed by atoms with van der Waals surface area (Å²) in [6, 6.07) is 11.1. The van der Waals surface area contributed by atoms with Crippen LogP contribution in [0.25, 0.3) is 0 Å². The maximum absolute atomic E-state index is 13.2. The predicted molar refractivity (Wildman–Crippen MR) is 107 cm³/mol. The van der Waals surface area contributed by atoms with Crippen molar-refractivity contribution in [3.8, 4) is 0 Å². The molecule has 0 bridgehead atoms. The van der Waals surface area contributed by atoms with Gasteiger partial charge in [-0.05, 0) is 36.1 Å². The van der Waals surface area contributed by atoms with Gasteiger partial charge in [0.05, 0.1) is 6.26 Å². The first kappa shape index (κ1) is 18.8. The van der Waals surface area contributed by atoms with Crippen LogP contribution in [0.4, 0.5) is 0 Å². The SMILES string of the molecule is O=C(NC1CCCCCCC1)[C@@H]1Cc2ccccc2CN1C(=O)c1ccco1. The van der Waals surface area contributed by atoms with Gasteiger partial charge < -0.3 is 14.6 Å². The Balaban J connectivity index is 1.54. The quantitative estimate of drug-likeness (QED) is 0.873. The average Bonchev–Trinajstić information content (AvgIpc) is 3.23. The van der Waals surface area contributed by atoms with E-state index in [1.165, 1.54) is 25.5 Å². The molecule has 2 aliphatic rings. The van der Waals surface area contributed by atoms with Crippen molar-refractivity contribution in [2.45, 2.75) is 70.0 Å². The predicted octanol–water partition coefficient (Wildman–Crippen LogP) is 4.08. The van der Waals surface area contributed by atoms with Crippen molar-refractivity contribution in [1.29, 1.82) is 0 Å². The molecule has 2 amide bonds. The molecule has 148 valence electrons. The van der Waals surface area contributed by atoms with Crippen molar-refractivity contribution in [3.05, 3.63) is 59.5 Å². The number of furan rings is 1. The van der Waals surface area contributed by atoms with E-state index >= 15 is 0 Å². The van der Waals surface area contributed by atoms with E-state index in [2.05, 4.69) is 11.4 Å². The van der Waals surface area contributed by atoms with Crippen LogP contribution < -0.4 is 5.32 Å². The minimum absolute atomic E-state index is 0.0417. The molecular formula is C23H28N2O3. The molecule has 1 atom stereocenters. The molecule has 2 heterocycles. The smallest absolute Gasteiger partial charge is 0.290 e. The second-order valence-corrected chi connectivity index (χ2v) is 7.95. The number of nitrogens with zero attached hydrogens (tertiary/aromatic N) is 1. The van der Waals surface area contributed by atoms with Gasteiger partial charge in [0, 0.05) is 19.0 Å². The molecule has 2 aromatic rings. The Hall–Kier alpha value is -2.56. The van der Waals surface area contributed by atoms with Crippen molar-refractivity contribution >= 4 is 11.8 Å². The highest BCUT2D eigenvalue weighted by Gasteiger charge is 2.36. The van der Waals surface area contributed by atoms with E-state index in [4.69, 9.17) is 4.42 Å². The molecule has 1 aliphatic heterocycles. The Kier molecular flexibility index (Phi) is 5.79. The van der Waals surface area contributed by atoms with E-state index < -0.39 is 6.04 Å². The van der Waals surface area contributed by atoms with E-state index in [0.717, 1.165) is 36.8 Å². The third-order valence-corrected chi connectivity index (χ3v) is 6.00. The third kappa shape index (κ3) is 4.13. The molecule has 0 radical (unpaired) electrons. The van der Waals surface area contributed by atoms with Gasteiger partial charge in [-0.2, -0.15) is 0 Å². The molecule has 1 N–H and O–H groups in total. The molecule has 0 spiro atoms. The van der Waals surface area contributed by atoms with Gasteiger partial charge in [0.1, 0.15) is 6.04 Å². The van der Waals surface area contributed by atoms with Crippen molar-refractivity contribution in [2.75, 3.05) is 0 Å². The van der Waals surface area contributed by atoms with Crippen LogP contribution in [0.5, 0.6) is 0 Å². The fraction of sp³-hybridized carbons (Fsp3) is 0.478. The van der Waals surface area contributed by atoms with Crippen LogP contribution in [-0.2, 0) is 17.8 Å². The first-order chi connectivity index (χ1) is 13.7. The van der Waals surface area contributed by atoms with Gasteiger partial charge in [-0.25, -0.2) is 0 Å². The summed E-state index contributed by atoms with van der Waals surface area (Å²) < 4.78 is 5.32. The normalized spacial score (nSPS) is 20.7. The van der Waals surface area contributed by atoms with Crippen molar-refractivity contribution < 1.29 is 14.0 Å². The van der Waals surface area contributed by atoms with E-state index in [1.807, 2.05) is 18.2 Å². The second kappa shape index (κ2) is 8.63. The van der Waals surface area contributed by atoms with E-state index in [0.29, 0.717) is 13.0 Å². The minimum atomic E-state index is -0.502. The molecule has 1 aromatic heterocycles. The first-order valence-corrected chi connectivity index (χ1v) is 10.4. The largest absolute Gasteiger partial charge is 0.459 e. The van der Waals surface area contributed by atoms with Crippen LogP contribution in [-0.4, -0.2) is 28.8 Å². The zero-order chi connectivity index (χ0) is 19.3. The molecule has 1 aliphatic carbocycles. The number of carbonyl (C=O) groups excluding carboxylic acids is 2. The minimum Gasteiger partial charge on any atom is -0.459 e. The maximum atomic E-state index is 13.2. The summed E-state index contributed by atoms with van der Waals surface area (Å²) in [6.07, 6.45) is 10.2. The van der Waals surface area contributed by atoms with Crippen LogP contribution in [0.1, 0.15) is 66.6 Å². The fourth-order valence-corrected chi connectivity index (χ4v) is 4.41.